The minimum atomic E-state index is -0.537. The molecule has 0 aliphatic rings. The lowest BCUT2D eigenvalue weighted by Crippen LogP contribution is -2.30. The van der Waals surface area contributed by atoms with Crippen LogP contribution in [0, 0.1) is 0 Å². The number of hydrogen-bond donors (Lipinski definition) is 0. The van der Waals surface area contributed by atoms with E-state index in [4.69, 9.17) is 14.2 Å². The maximum atomic E-state index is 12.9. The molecule has 0 radical (unpaired) electrons. The summed E-state index contributed by atoms with van der Waals surface area (Å²) < 4.78 is 17.5. The highest BCUT2D eigenvalue weighted by atomic mass is 16.6. The molecule has 1 atom stereocenters. The molecule has 0 heterocycles. The number of carbonyl (C=O) groups is 2. The van der Waals surface area contributed by atoms with Gasteiger partial charge in [0.2, 0.25) is 0 Å². The van der Waals surface area contributed by atoms with Gasteiger partial charge in [0.15, 0.2) is 6.10 Å². The zero-order valence-electron chi connectivity index (χ0n) is 47.6. The summed E-state index contributed by atoms with van der Waals surface area (Å²) in [6.45, 7) is 7.87. The standard InChI is InChI=1S/C65H122O5/c1-4-7-10-13-16-19-22-25-28-31-33-35-37-40-43-46-49-52-55-58-64(66)69-62-63(61-68-60-57-54-51-48-45-42-39-36-32-29-26-23-20-17-14-11-8-5-2)70-65(67)59-56-53-50-47-44-41-38-34-30-27-24-21-18-15-12-9-6-3/h16,19,25,28,33,35,63H,4-15,17-18,20-24,26-27,29-32,34,36-62H2,1-3H3/b19-16-,28-25-,35-33-. The van der Waals surface area contributed by atoms with Crippen molar-refractivity contribution in [2.75, 3.05) is 19.8 Å². The maximum Gasteiger partial charge on any atom is 0.306 e. The fourth-order valence-electron chi connectivity index (χ4n) is 9.46. The summed E-state index contributed by atoms with van der Waals surface area (Å²) in [7, 11) is 0. The molecule has 1 unspecified atom stereocenters. The van der Waals surface area contributed by atoms with Crippen molar-refractivity contribution in [3.63, 3.8) is 0 Å². The Kier molecular flexibility index (Phi) is 59.8. The normalized spacial score (nSPS) is 12.3. The van der Waals surface area contributed by atoms with Gasteiger partial charge in [0.1, 0.15) is 6.61 Å². The van der Waals surface area contributed by atoms with E-state index in [1.165, 1.54) is 250 Å². The van der Waals surface area contributed by atoms with Gasteiger partial charge in [-0.05, 0) is 57.8 Å². The van der Waals surface area contributed by atoms with Crippen LogP contribution in [0.15, 0.2) is 36.5 Å². The van der Waals surface area contributed by atoms with Gasteiger partial charge in [-0.15, -0.1) is 0 Å². The molecule has 0 rings (SSSR count). The summed E-state index contributed by atoms with van der Waals surface area (Å²) in [5.74, 6) is -0.387. The van der Waals surface area contributed by atoms with Crippen molar-refractivity contribution >= 4 is 11.9 Å². The van der Waals surface area contributed by atoms with Crippen molar-refractivity contribution in [2.24, 2.45) is 0 Å². The second-order valence-electron chi connectivity index (χ2n) is 21.3. The first-order valence-corrected chi connectivity index (χ1v) is 31.5. The predicted molar refractivity (Wildman–Crippen MR) is 307 cm³/mol. The summed E-state index contributed by atoms with van der Waals surface area (Å²) in [6, 6.07) is 0. The molecule has 70 heavy (non-hydrogen) atoms. The van der Waals surface area contributed by atoms with Crippen LogP contribution in [0.25, 0.3) is 0 Å². The molecule has 0 aromatic rings. The third-order valence-corrected chi connectivity index (χ3v) is 14.2. The molecule has 0 spiro atoms. The van der Waals surface area contributed by atoms with Crippen LogP contribution in [0.2, 0.25) is 0 Å². The highest BCUT2D eigenvalue weighted by molar-refractivity contribution is 5.70. The lowest BCUT2D eigenvalue weighted by atomic mass is 10.0. The predicted octanol–water partition coefficient (Wildman–Crippen LogP) is 21.7. The minimum absolute atomic E-state index is 0.0855. The average Bonchev–Trinajstić information content (AvgIpc) is 3.36. The van der Waals surface area contributed by atoms with Gasteiger partial charge in [-0.3, -0.25) is 9.59 Å². The van der Waals surface area contributed by atoms with Crippen molar-refractivity contribution < 1.29 is 23.8 Å². The Hall–Kier alpha value is -1.88. The summed E-state index contributed by atoms with van der Waals surface area (Å²) in [5, 5.41) is 0. The van der Waals surface area contributed by atoms with Gasteiger partial charge >= 0.3 is 11.9 Å². The second kappa shape index (κ2) is 61.4. The third-order valence-electron chi connectivity index (χ3n) is 14.2. The molecule has 5 heteroatoms. The quantitative estimate of drug-likeness (QED) is 0.0345. The van der Waals surface area contributed by atoms with Gasteiger partial charge in [-0.1, -0.05) is 308 Å². The molecule has 0 fully saturated rings. The van der Waals surface area contributed by atoms with Crippen LogP contribution in [-0.2, 0) is 23.8 Å². The minimum Gasteiger partial charge on any atom is -0.462 e. The van der Waals surface area contributed by atoms with E-state index in [-0.39, 0.29) is 18.5 Å². The number of allylic oxidation sites excluding steroid dienone is 6. The topological polar surface area (TPSA) is 61.8 Å². The fraction of sp³-hybridized carbons (Fsp3) is 0.877. The number of unbranched alkanes of at least 4 members (excludes halogenated alkanes) is 42. The molecule has 0 aliphatic carbocycles. The van der Waals surface area contributed by atoms with Gasteiger partial charge in [-0.25, -0.2) is 0 Å². The van der Waals surface area contributed by atoms with Crippen molar-refractivity contribution in [3.8, 4) is 0 Å². The number of rotatable bonds is 59. The lowest BCUT2D eigenvalue weighted by Gasteiger charge is -2.18. The number of ether oxygens (including phenoxy) is 3. The van der Waals surface area contributed by atoms with E-state index < -0.39 is 6.10 Å². The Bertz CT molecular complexity index is 1110. The van der Waals surface area contributed by atoms with Crippen LogP contribution in [0.5, 0.6) is 0 Å². The first-order chi connectivity index (χ1) is 34.6. The monoisotopic (exact) mass is 983 g/mol. The first kappa shape index (κ1) is 68.1. The van der Waals surface area contributed by atoms with Gasteiger partial charge in [-0.2, -0.15) is 0 Å². The number of esters is 2. The molecule has 5 nitrogen and oxygen atoms in total. The lowest BCUT2D eigenvalue weighted by molar-refractivity contribution is -0.163. The van der Waals surface area contributed by atoms with Crippen LogP contribution in [0.1, 0.15) is 342 Å². The Labute approximate surface area is 438 Å². The van der Waals surface area contributed by atoms with E-state index in [1.54, 1.807) is 0 Å². The molecule has 0 saturated heterocycles. The van der Waals surface area contributed by atoms with E-state index in [0.717, 1.165) is 57.8 Å². The van der Waals surface area contributed by atoms with Crippen LogP contribution in [0.3, 0.4) is 0 Å². The summed E-state index contributed by atoms with van der Waals surface area (Å²) in [4.78, 5) is 25.6. The van der Waals surface area contributed by atoms with E-state index in [9.17, 15) is 9.59 Å². The van der Waals surface area contributed by atoms with Crippen molar-refractivity contribution in [1.29, 1.82) is 0 Å². The molecule has 0 bridgehead atoms. The number of carbonyl (C=O) groups excluding carboxylic acids is 2. The van der Waals surface area contributed by atoms with Crippen LogP contribution in [0.4, 0.5) is 0 Å². The third kappa shape index (κ3) is 58.7. The van der Waals surface area contributed by atoms with E-state index in [0.29, 0.717) is 26.1 Å². The SMILES string of the molecule is CCCCC/C=C\C/C=C\C/C=C\CCCCCCCCC(=O)OCC(COCCCCCCCCCCCCCCCCCCCC)OC(=O)CCCCCCCCCCCCCCCCCCC. The van der Waals surface area contributed by atoms with Gasteiger partial charge < -0.3 is 14.2 Å². The van der Waals surface area contributed by atoms with Crippen LogP contribution in [-0.4, -0.2) is 37.9 Å². The second-order valence-corrected chi connectivity index (χ2v) is 21.3. The summed E-state index contributed by atoms with van der Waals surface area (Å²) in [5.41, 5.74) is 0. The Morgan fingerprint density at radius 3 is 0.986 bits per heavy atom. The molecule has 0 N–H and O–H groups in total. The van der Waals surface area contributed by atoms with Crippen molar-refractivity contribution in [2.45, 2.75) is 348 Å². The molecular weight excluding hydrogens is 861 g/mol. The molecular formula is C65H122O5. The van der Waals surface area contributed by atoms with Crippen LogP contribution >= 0.6 is 0 Å². The molecule has 0 aliphatic heterocycles. The number of hydrogen-bond acceptors (Lipinski definition) is 5. The highest BCUT2D eigenvalue weighted by Gasteiger charge is 2.18. The highest BCUT2D eigenvalue weighted by Crippen LogP contribution is 2.17. The maximum absolute atomic E-state index is 12.9. The average molecular weight is 984 g/mol. The summed E-state index contributed by atoms with van der Waals surface area (Å²) >= 11 is 0. The zero-order valence-corrected chi connectivity index (χ0v) is 47.6. The molecule has 0 aromatic heterocycles. The van der Waals surface area contributed by atoms with E-state index in [2.05, 4.69) is 57.2 Å². The fourth-order valence-corrected chi connectivity index (χ4v) is 9.46. The largest absolute Gasteiger partial charge is 0.462 e. The molecule has 0 saturated carbocycles. The zero-order chi connectivity index (χ0) is 50.6. The van der Waals surface area contributed by atoms with E-state index >= 15 is 0 Å². The van der Waals surface area contributed by atoms with Crippen molar-refractivity contribution in [3.05, 3.63) is 36.5 Å². The molecule has 412 valence electrons. The Morgan fingerprint density at radius 2 is 0.600 bits per heavy atom. The summed E-state index contributed by atoms with van der Waals surface area (Å²) in [6.07, 6.45) is 76.0. The van der Waals surface area contributed by atoms with Gasteiger partial charge in [0, 0.05) is 19.4 Å². The first-order valence-electron chi connectivity index (χ1n) is 31.5. The van der Waals surface area contributed by atoms with Crippen LogP contribution < -0.4 is 0 Å². The smallest absolute Gasteiger partial charge is 0.306 e. The Balaban J connectivity index is 4.25. The molecule has 0 aromatic carbocycles. The molecule has 0 amide bonds. The van der Waals surface area contributed by atoms with Gasteiger partial charge in [0.05, 0.1) is 6.61 Å². The van der Waals surface area contributed by atoms with Gasteiger partial charge in [0.25, 0.3) is 0 Å². The van der Waals surface area contributed by atoms with E-state index in [1.807, 2.05) is 0 Å². The Morgan fingerprint density at radius 1 is 0.314 bits per heavy atom. The van der Waals surface area contributed by atoms with Crippen molar-refractivity contribution in [1.82, 2.24) is 0 Å².